The number of carbonyl (C=O) groups excluding carboxylic acids is 1. The second-order valence-corrected chi connectivity index (χ2v) is 5.48. The summed E-state index contributed by atoms with van der Waals surface area (Å²) in [7, 11) is 0. The Morgan fingerprint density at radius 1 is 1.50 bits per heavy atom. The van der Waals surface area contributed by atoms with Gasteiger partial charge in [-0.25, -0.2) is 4.39 Å². The molecule has 0 saturated carbocycles. The first-order valence-electron chi connectivity index (χ1n) is 6.93. The van der Waals surface area contributed by atoms with Crippen LogP contribution in [0.3, 0.4) is 0 Å². The zero-order valence-electron chi connectivity index (χ0n) is 11.6. The van der Waals surface area contributed by atoms with E-state index in [9.17, 15) is 9.18 Å². The summed E-state index contributed by atoms with van der Waals surface area (Å²) in [5.41, 5.74) is 0.767. The lowest BCUT2D eigenvalue weighted by molar-refractivity contribution is -0.146. The van der Waals surface area contributed by atoms with E-state index in [1.165, 1.54) is 12.1 Å². The van der Waals surface area contributed by atoms with Crippen LogP contribution in [0.2, 0.25) is 5.02 Å². The van der Waals surface area contributed by atoms with E-state index in [-0.39, 0.29) is 17.8 Å². The summed E-state index contributed by atoms with van der Waals surface area (Å²) in [5.74, 6) is -0.151. The van der Waals surface area contributed by atoms with Gasteiger partial charge in [-0.3, -0.25) is 4.79 Å². The topological polar surface area (TPSA) is 29.5 Å². The van der Waals surface area contributed by atoms with E-state index < -0.39 is 0 Å². The standard InChI is InChI=1S/C15H19ClFNO2/c1-2-3-4-15(19)18-8-13(9-18)20-10-11-5-6-12(17)7-14(11)16/h5-7,13H,2-4,8-10H2,1H3. The molecule has 0 aromatic heterocycles. The highest BCUT2D eigenvalue weighted by Gasteiger charge is 2.30. The Labute approximate surface area is 123 Å². The van der Waals surface area contributed by atoms with Crippen molar-refractivity contribution in [1.82, 2.24) is 4.90 Å². The van der Waals surface area contributed by atoms with E-state index >= 15 is 0 Å². The van der Waals surface area contributed by atoms with E-state index in [4.69, 9.17) is 16.3 Å². The fraction of sp³-hybridized carbons (Fsp3) is 0.533. The number of amides is 1. The average molecular weight is 300 g/mol. The van der Waals surface area contributed by atoms with Gasteiger partial charge in [-0.1, -0.05) is 31.0 Å². The number of carbonyl (C=O) groups is 1. The monoisotopic (exact) mass is 299 g/mol. The average Bonchev–Trinajstić information content (AvgIpc) is 2.36. The number of benzene rings is 1. The van der Waals surface area contributed by atoms with Crippen molar-refractivity contribution >= 4 is 17.5 Å². The first kappa shape index (κ1) is 15.3. The molecule has 2 rings (SSSR count). The van der Waals surface area contributed by atoms with E-state index in [0.717, 1.165) is 18.4 Å². The number of unbranched alkanes of at least 4 members (excludes halogenated alkanes) is 1. The first-order valence-corrected chi connectivity index (χ1v) is 7.31. The van der Waals surface area contributed by atoms with E-state index in [1.54, 1.807) is 6.07 Å². The number of ether oxygens (including phenoxy) is 1. The van der Waals surface area contributed by atoms with Crippen LogP contribution in [0, 0.1) is 5.82 Å². The molecule has 1 aliphatic rings. The quantitative estimate of drug-likeness (QED) is 0.806. The van der Waals surface area contributed by atoms with E-state index in [1.807, 2.05) is 4.90 Å². The number of rotatable bonds is 6. The third-order valence-corrected chi connectivity index (χ3v) is 3.79. The minimum Gasteiger partial charge on any atom is -0.370 e. The molecule has 1 fully saturated rings. The maximum atomic E-state index is 12.9. The minimum absolute atomic E-state index is 0.0571. The summed E-state index contributed by atoms with van der Waals surface area (Å²) >= 11 is 5.93. The molecule has 110 valence electrons. The molecular weight excluding hydrogens is 281 g/mol. The Kier molecular flexibility index (Phi) is 5.38. The van der Waals surface area contributed by atoms with Gasteiger partial charge in [0.1, 0.15) is 5.82 Å². The fourth-order valence-corrected chi connectivity index (χ4v) is 2.30. The zero-order chi connectivity index (χ0) is 14.5. The molecule has 0 unspecified atom stereocenters. The van der Waals surface area contributed by atoms with Crippen molar-refractivity contribution in [2.45, 2.75) is 38.9 Å². The maximum absolute atomic E-state index is 12.9. The van der Waals surface area contributed by atoms with Gasteiger partial charge in [-0.05, 0) is 24.1 Å². The highest BCUT2D eigenvalue weighted by Crippen LogP contribution is 2.21. The number of nitrogens with zero attached hydrogens (tertiary/aromatic N) is 1. The maximum Gasteiger partial charge on any atom is 0.222 e. The van der Waals surface area contributed by atoms with Gasteiger partial charge in [0, 0.05) is 24.5 Å². The van der Waals surface area contributed by atoms with Crippen molar-refractivity contribution in [3.63, 3.8) is 0 Å². The molecule has 3 nitrogen and oxygen atoms in total. The molecule has 1 aromatic rings. The molecule has 1 amide bonds. The third kappa shape index (κ3) is 3.93. The van der Waals surface area contributed by atoms with E-state index in [2.05, 4.69) is 6.92 Å². The van der Waals surface area contributed by atoms with Crippen LogP contribution >= 0.6 is 11.6 Å². The van der Waals surface area contributed by atoms with Crippen molar-refractivity contribution in [1.29, 1.82) is 0 Å². The van der Waals surface area contributed by atoms with Gasteiger partial charge >= 0.3 is 0 Å². The molecule has 1 heterocycles. The Morgan fingerprint density at radius 3 is 2.90 bits per heavy atom. The Bertz CT molecular complexity index is 475. The van der Waals surface area contributed by atoms with Crippen molar-refractivity contribution in [3.05, 3.63) is 34.6 Å². The number of likely N-dealkylation sites (tertiary alicyclic amines) is 1. The van der Waals surface area contributed by atoms with Gasteiger partial charge in [0.05, 0.1) is 12.7 Å². The molecule has 1 saturated heterocycles. The van der Waals surface area contributed by atoms with Crippen molar-refractivity contribution in [2.24, 2.45) is 0 Å². The Hall–Kier alpha value is -1.13. The summed E-state index contributed by atoms with van der Waals surface area (Å²) in [4.78, 5) is 13.5. The number of hydrogen-bond donors (Lipinski definition) is 0. The second kappa shape index (κ2) is 7.04. The number of hydrogen-bond acceptors (Lipinski definition) is 2. The van der Waals surface area contributed by atoms with E-state index in [0.29, 0.717) is 31.1 Å². The van der Waals surface area contributed by atoms with Gasteiger partial charge in [-0.2, -0.15) is 0 Å². The molecule has 0 radical (unpaired) electrons. The summed E-state index contributed by atoms with van der Waals surface area (Å²) in [6.07, 6.45) is 2.64. The van der Waals surface area contributed by atoms with Crippen LogP contribution in [0.15, 0.2) is 18.2 Å². The molecule has 0 N–H and O–H groups in total. The highest BCUT2D eigenvalue weighted by atomic mass is 35.5. The van der Waals surface area contributed by atoms with Crippen LogP contribution in [0.1, 0.15) is 31.7 Å². The Morgan fingerprint density at radius 2 is 2.25 bits per heavy atom. The van der Waals surface area contributed by atoms with Gasteiger partial charge in [0.25, 0.3) is 0 Å². The first-order chi connectivity index (χ1) is 9.60. The fourth-order valence-electron chi connectivity index (χ4n) is 2.08. The van der Waals surface area contributed by atoms with Crippen molar-refractivity contribution in [2.75, 3.05) is 13.1 Å². The highest BCUT2D eigenvalue weighted by molar-refractivity contribution is 6.31. The molecule has 0 atom stereocenters. The third-order valence-electron chi connectivity index (χ3n) is 3.43. The lowest BCUT2D eigenvalue weighted by Crippen LogP contribution is -2.54. The molecular formula is C15H19ClFNO2. The molecule has 0 bridgehead atoms. The Balaban J connectivity index is 1.71. The van der Waals surface area contributed by atoms with Crippen LogP contribution in [0.5, 0.6) is 0 Å². The molecule has 0 aliphatic carbocycles. The van der Waals surface area contributed by atoms with Gasteiger partial charge in [-0.15, -0.1) is 0 Å². The van der Waals surface area contributed by atoms with Crippen LogP contribution in [0.25, 0.3) is 0 Å². The SMILES string of the molecule is CCCCC(=O)N1CC(OCc2ccc(F)cc2Cl)C1. The molecule has 5 heteroatoms. The van der Waals surface area contributed by atoms with Gasteiger partial charge < -0.3 is 9.64 Å². The zero-order valence-corrected chi connectivity index (χ0v) is 12.3. The summed E-state index contributed by atoms with van der Waals surface area (Å²) < 4.78 is 18.6. The van der Waals surface area contributed by atoms with Crippen LogP contribution in [-0.2, 0) is 16.1 Å². The van der Waals surface area contributed by atoms with Crippen molar-refractivity contribution < 1.29 is 13.9 Å². The summed E-state index contributed by atoms with van der Waals surface area (Å²) in [5, 5.41) is 0.375. The number of halogens is 2. The minimum atomic E-state index is -0.352. The van der Waals surface area contributed by atoms with Gasteiger partial charge in [0.15, 0.2) is 0 Å². The molecule has 1 aliphatic heterocycles. The van der Waals surface area contributed by atoms with Crippen molar-refractivity contribution in [3.8, 4) is 0 Å². The smallest absolute Gasteiger partial charge is 0.222 e. The lowest BCUT2D eigenvalue weighted by Gasteiger charge is -2.39. The predicted octanol–water partition coefficient (Wildman–Crippen LogP) is 3.40. The molecule has 1 aromatic carbocycles. The molecule has 20 heavy (non-hydrogen) atoms. The van der Waals surface area contributed by atoms with Crippen LogP contribution in [0.4, 0.5) is 4.39 Å². The van der Waals surface area contributed by atoms with Crippen LogP contribution < -0.4 is 0 Å². The normalized spacial score (nSPS) is 15.2. The second-order valence-electron chi connectivity index (χ2n) is 5.07. The van der Waals surface area contributed by atoms with Crippen LogP contribution in [-0.4, -0.2) is 30.0 Å². The van der Waals surface area contributed by atoms with Gasteiger partial charge in [0.2, 0.25) is 5.91 Å². The largest absolute Gasteiger partial charge is 0.370 e. The molecule has 0 spiro atoms. The predicted molar refractivity (Wildman–Crippen MR) is 76.1 cm³/mol. The lowest BCUT2D eigenvalue weighted by atomic mass is 10.1. The summed E-state index contributed by atoms with van der Waals surface area (Å²) in [6.45, 7) is 3.70. The summed E-state index contributed by atoms with van der Waals surface area (Å²) in [6, 6.07) is 4.27.